The van der Waals surface area contributed by atoms with Crippen molar-refractivity contribution in [2.45, 2.75) is 32.2 Å². The van der Waals surface area contributed by atoms with Gasteiger partial charge in [-0.05, 0) is 38.3 Å². The van der Waals surface area contributed by atoms with Crippen LogP contribution in [0.4, 0.5) is 0 Å². The lowest BCUT2D eigenvalue weighted by molar-refractivity contribution is 0.0601. The minimum Gasteiger partial charge on any atom is -0.361 e. The molecule has 0 aromatic carbocycles. The van der Waals surface area contributed by atoms with E-state index < -0.39 is 0 Å². The lowest BCUT2D eigenvalue weighted by Gasteiger charge is -2.34. The van der Waals surface area contributed by atoms with Crippen molar-refractivity contribution < 1.29 is 9.32 Å². The molecular weight excluding hydrogens is 330 g/mol. The fraction of sp³-hybridized carbons (Fsp3) is 0.316. The molecule has 3 aromatic rings. The SMILES string of the molecule is Cc1cc([C@H]2CCCCN2C(=O)c2cnc(-c3cccnc3)nc2)no1. The molecule has 1 saturated heterocycles. The van der Waals surface area contributed by atoms with Gasteiger partial charge in [-0.15, -0.1) is 0 Å². The van der Waals surface area contributed by atoms with Gasteiger partial charge in [0, 0.05) is 43.0 Å². The summed E-state index contributed by atoms with van der Waals surface area (Å²) in [5, 5.41) is 4.11. The first-order chi connectivity index (χ1) is 12.7. The normalized spacial score (nSPS) is 17.3. The third-order valence-corrected chi connectivity index (χ3v) is 4.57. The van der Waals surface area contributed by atoms with Gasteiger partial charge >= 0.3 is 0 Å². The van der Waals surface area contributed by atoms with Crippen LogP contribution in [-0.4, -0.2) is 37.5 Å². The number of nitrogens with zero attached hydrogens (tertiary/aromatic N) is 5. The number of rotatable bonds is 3. The Morgan fingerprint density at radius 3 is 2.77 bits per heavy atom. The maximum Gasteiger partial charge on any atom is 0.257 e. The minimum atomic E-state index is -0.0758. The average Bonchev–Trinajstić information content (AvgIpc) is 3.14. The molecular formula is C19H19N5O2. The van der Waals surface area contributed by atoms with Crippen molar-refractivity contribution in [3.63, 3.8) is 0 Å². The van der Waals surface area contributed by atoms with Gasteiger partial charge in [0.05, 0.1) is 11.6 Å². The molecule has 0 saturated carbocycles. The molecule has 1 atom stereocenters. The minimum absolute atomic E-state index is 0.0632. The standard InChI is InChI=1S/C19H19N5O2/c1-13-9-16(23-26-13)17-6-2-3-8-24(17)19(25)15-11-21-18(22-12-15)14-5-4-7-20-10-14/h4-5,7,9-12,17H,2-3,6,8H2,1H3/t17-/m1/s1. The largest absolute Gasteiger partial charge is 0.361 e. The van der Waals surface area contributed by atoms with Gasteiger partial charge in [0.2, 0.25) is 0 Å². The zero-order chi connectivity index (χ0) is 17.9. The number of hydrogen-bond acceptors (Lipinski definition) is 6. The number of pyridine rings is 1. The average molecular weight is 349 g/mol. The summed E-state index contributed by atoms with van der Waals surface area (Å²) in [5.74, 6) is 1.23. The number of piperidine rings is 1. The monoisotopic (exact) mass is 349 g/mol. The Balaban J connectivity index is 1.57. The molecule has 3 aromatic heterocycles. The second-order valence-corrected chi connectivity index (χ2v) is 6.41. The molecule has 0 bridgehead atoms. The summed E-state index contributed by atoms with van der Waals surface area (Å²) in [6, 6.07) is 5.55. The van der Waals surface area contributed by atoms with E-state index in [9.17, 15) is 4.79 Å². The summed E-state index contributed by atoms with van der Waals surface area (Å²) in [6.07, 6.45) is 9.49. The van der Waals surface area contributed by atoms with E-state index in [2.05, 4.69) is 20.1 Å². The Bertz CT molecular complexity index is 892. The number of carbonyl (C=O) groups excluding carboxylic acids is 1. The molecule has 26 heavy (non-hydrogen) atoms. The Hall–Kier alpha value is -3.09. The first kappa shape index (κ1) is 16.4. The lowest BCUT2D eigenvalue weighted by atomic mass is 9.98. The van der Waals surface area contributed by atoms with Crippen molar-refractivity contribution >= 4 is 5.91 Å². The van der Waals surface area contributed by atoms with Crippen LogP contribution in [0.1, 0.15) is 47.1 Å². The van der Waals surface area contributed by atoms with Gasteiger partial charge in [0.1, 0.15) is 11.5 Å². The second-order valence-electron chi connectivity index (χ2n) is 6.41. The molecule has 4 rings (SSSR count). The fourth-order valence-electron chi connectivity index (χ4n) is 3.27. The van der Waals surface area contributed by atoms with E-state index in [1.54, 1.807) is 24.8 Å². The van der Waals surface area contributed by atoms with E-state index in [0.717, 1.165) is 36.3 Å². The van der Waals surface area contributed by atoms with Crippen LogP contribution in [0.3, 0.4) is 0 Å². The van der Waals surface area contributed by atoms with Crippen LogP contribution in [-0.2, 0) is 0 Å². The van der Waals surface area contributed by atoms with Gasteiger partial charge in [-0.25, -0.2) is 9.97 Å². The number of carbonyl (C=O) groups is 1. The summed E-state index contributed by atoms with van der Waals surface area (Å²) in [6.45, 7) is 2.55. The molecule has 7 heteroatoms. The van der Waals surface area contributed by atoms with E-state index in [0.29, 0.717) is 17.9 Å². The van der Waals surface area contributed by atoms with Crippen LogP contribution in [0.2, 0.25) is 0 Å². The van der Waals surface area contributed by atoms with E-state index in [-0.39, 0.29) is 11.9 Å². The molecule has 0 radical (unpaired) electrons. The predicted molar refractivity (Wildman–Crippen MR) is 94.1 cm³/mol. The van der Waals surface area contributed by atoms with Crippen LogP contribution in [0.15, 0.2) is 47.5 Å². The number of aryl methyl sites for hydroxylation is 1. The number of likely N-dealkylation sites (tertiary alicyclic amines) is 1. The zero-order valence-electron chi connectivity index (χ0n) is 14.5. The lowest BCUT2D eigenvalue weighted by Crippen LogP contribution is -2.38. The molecule has 0 aliphatic carbocycles. The summed E-state index contributed by atoms with van der Waals surface area (Å²) >= 11 is 0. The Kier molecular flexibility index (Phi) is 4.43. The number of amides is 1. The highest BCUT2D eigenvalue weighted by Crippen LogP contribution is 2.31. The molecule has 0 N–H and O–H groups in total. The Labute approximate surface area is 151 Å². The molecule has 1 amide bonds. The Morgan fingerprint density at radius 1 is 1.23 bits per heavy atom. The quantitative estimate of drug-likeness (QED) is 0.722. The van der Waals surface area contributed by atoms with Crippen LogP contribution in [0.25, 0.3) is 11.4 Å². The molecule has 1 aliphatic rings. The molecule has 1 fully saturated rings. The van der Waals surface area contributed by atoms with Crippen molar-refractivity contribution in [1.82, 2.24) is 25.0 Å². The third kappa shape index (κ3) is 3.20. The third-order valence-electron chi connectivity index (χ3n) is 4.57. The van der Waals surface area contributed by atoms with Crippen molar-refractivity contribution in [3.05, 3.63) is 60.0 Å². The smallest absolute Gasteiger partial charge is 0.257 e. The topological polar surface area (TPSA) is 85.0 Å². The molecule has 0 unspecified atom stereocenters. The highest BCUT2D eigenvalue weighted by molar-refractivity contribution is 5.94. The highest BCUT2D eigenvalue weighted by Gasteiger charge is 2.31. The highest BCUT2D eigenvalue weighted by atomic mass is 16.5. The first-order valence-electron chi connectivity index (χ1n) is 8.69. The van der Waals surface area contributed by atoms with Crippen LogP contribution in [0, 0.1) is 6.92 Å². The van der Waals surface area contributed by atoms with Crippen molar-refractivity contribution in [2.75, 3.05) is 6.54 Å². The van der Waals surface area contributed by atoms with Gasteiger partial charge in [-0.2, -0.15) is 0 Å². The second kappa shape index (κ2) is 7.03. The van der Waals surface area contributed by atoms with Gasteiger partial charge in [0.15, 0.2) is 5.82 Å². The maximum absolute atomic E-state index is 13.0. The van der Waals surface area contributed by atoms with Crippen LogP contribution in [0.5, 0.6) is 0 Å². The summed E-state index contributed by atoms with van der Waals surface area (Å²) in [5.41, 5.74) is 2.11. The van der Waals surface area contributed by atoms with Crippen molar-refractivity contribution in [3.8, 4) is 11.4 Å². The van der Waals surface area contributed by atoms with Crippen LogP contribution < -0.4 is 0 Å². The van der Waals surface area contributed by atoms with Gasteiger partial charge in [-0.3, -0.25) is 9.78 Å². The number of aromatic nitrogens is 4. The molecule has 1 aliphatic heterocycles. The number of hydrogen-bond donors (Lipinski definition) is 0. The van der Waals surface area contributed by atoms with Crippen molar-refractivity contribution in [1.29, 1.82) is 0 Å². The Morgan fingerprint density at radius 2 is 2.08 bits per heavy atom. The molecule has 132 valence electrons. The molecule has 0 spiro atoms. The molecule has 4 heterocycles. The fourth-order valence-corrected chi connectivity index (χ4v) is 3.27. The van der Waals surface area contributed by atoms with Gasteiger partial charge in [0.25, 0.3) is 5.91 Å². The van der Waals surface area contributed by atoms with Gasteiger partial charge < -0.3 is 9.42 Å². The predicted octanol–water partition coefficient (Wildman–Crippen LogP) is 3.20. The van der Waals surface area contributed by atoms with E-state index in [1.807, 2.05) is 30.0 Å². The molecule has 7 nitrogen and oxygen atoms in total. The zero-order valence-corrected chi connectivity index (χ0v) is 14.5. The first-order valence-corrected chi connectivity index (χ1v) is 8.69. The van der Waals surface area contributed by atoms with E-state index in [4.69, 9.17) is 4.52 Å². The summed E-state index contributed by atoms with van der Waals surface area (Å²) in [4.78, 5) is 27.6. The maximum atomic E-state index is 13.0. The summed E-state index contributed by atoms with van der Waals surface area (Å²) < 4.78 is 5.20. The van der Waals surface area contributed by atoms with Crippen molar-refractivity contribution in [2.24, 2.45) is 0 Å². The van der Waals surface area contributed by atoms with Gasteiger partial charge in [-0.1, -0.05) is 5.16 Å². The van der Waals surface area contributed by atoms with E-state index >= 15 is 0 Å². The van der Waals surface area contributed by atoms with E-state index in [1.165, 1.54) is 0 Å². The van der Waals surface area contributed by atoms with Crippen LogP contribution >= 0.6 is 0 Å². The summed E-state index contributed by atoms with van der Waals surface area (Å²) in [7, 11) is 0.